The first-order valence-corrected chi connectivity index (χ1v) is 8.07. The third-order valence-electron chi connectivity index (χ3n) is 3.84. The molecule has 1 aliphatic heterocycles. The van der Waals surface area contributed by atoms with Gasteiger partial charge in [0, 0.05) is 38.8 Å². The van der Waals surface area contributed by atoms with Gasteiger partial charge in [0.25, 0.3) is 5.91 Å². The lowest BCUT2D eigenvalue weighted by molar-refractivity contribution is -0.119. The van der Waals surface area contributed by atoms with Crippen LogP contribution < -0.4 is 5.32 Å². The van der Waals surface area contributed by atoms with Crippen LogP contribution in [0, 0.1) is 12.8 Å². The van der Waals surface area contributed by atoms with Crippen LogP contribution in [0.25, 0.3) is 0 Å². The number of aromatic nitrogens is 2. The summed E-state index contributed by atoms with van der Waals surface area (Å²) in [5.41, 5.74) is 0.407. The molecule has 126 valence electrons. The van der Waals surface area contributed by atoms with Crippen molar-refractivity contribution in [2.45, 2.75) is 27.2 Å². The number of rotatable bonds is 6. The summed E-state index contributed by atoms with van der Waals surface area (Å²) in [6, 6.07) is 1.71. The van der Waals surface area contributed by atoms with Gasteiger partial charge in [0.05, 0.1) is 0 Å². The first kappa shape index (κ1) is 17.2. The van der Waals surface area contributed by atoms with Crippen LogP contribution in [-0.2, 0) is 4.79 Å². The predicted molar refractivity (Wildman–Crippen MR) is 88.3 cm³/mol. The van der Waals surface area contributed by atoms with Gasteiger partial charge in [-0.15, -0.1) is 0 Å². The fraction of sp³-hybridized carbons (Fsp3) is 0.625. The molecule has 23 heavy (non-hydrogen) atoms. The summed E-state index contributed by atoms with van der Waals surface area (Å²) in [5.74, 6) is 1.77. The second-order valence-electron chi connectivity index (χ2n) is 6.23. The van der Waals surface area contributed by atoms with Gasteiger partial charge in [0.1, 0.15) is 17.3 Å². The number of hydrogen-bond donors (Lipinski definition) is 1. The summed E-state index contributed by atoms with van der Waals surface area (Å²) in [4.78, 5) is 35.3. The number of hydrogen-bond acceptors (Lipinski definition) is 5. The van der Waals surface area contributed by atoms with Crippen LogP contribution >= 0.6 is 0 Å². The molecule has 0 saturated carbocycles. The van der Waals surface area contributed by atoms with Crippen molar-refractivity contribution in [2.24, 2.45) is 5.92 Å². The molecule has 0 spiro atoms. The molecule has 0 bridgehead atoms. The van der Waals surface area contributed by atoms with Crippen molar-refractivity contribution in [3.8, 4) is 0 Å². The Labute approximate surface area is 137 Å². The summed E-state index contributed by atoms with van der Waals surface area (Å²) < 4.78 is 0. The molecule has 0 aliphatic carbocycles. The lowest BCUT2D eigenvalue weighted by Gasteiger charge is -2.32. The van der Waals surface area contributed by atoms with Crippen molar-refractivity contribution in [3.63, 3.8) is 0 Å². The Kier molecular flexibility index (Phi) is 5.90. The van der Waals surface area contributed by atoms with E-state index in [-0.39, 0.29) is 5.91 Å². The van der Waals surface area contributed by atoms with E-state index in [9.17, 15) is 9.59 Å². The van der Waals surface area contributed by atoms with E-state index in [0.29, 0.717) is 49.4 Å². The zero-order valence-electron chi connectivity index (χ0n) is 14.1. The van der Waals surface area contributed by atoms with E-state index in [1.165, 1.54) is 0 Å². The molecule has 7 heteroatoms. The third kappa shape index (κ3) is 4.91. The number of piperazine rings is 1. The minimum atomic E-state index is -0.104. The number of aryl methyl sites for hydroxylation is 1. The van der Waals surface area contributed by atoms with Crippen molar-refractivity contribution in [1.82, 2.24) is 19.8 Å². The monoisotopic (exact) mass is 319 g/mol. The minimum Gasteiger partial charge on any atom is -0.370 e. The van der Waals surface area contributed by atoms with Gasteiger partial charge >= 0.3 is 0 Å². The van der Waals surface area contributed by atoms with Crippen LogP contribution in [0.15, 0.2) is 6.07 Å². The maximum Gasteiger partial charge on any atom is 0.272 e. The molecule has 0 atom stereocenters. The second kappa shape index (κ2) is 7.89. The van der Waals surface area contributed by atoms with Gasteiger partial charge in [-0.25, -0.2) is 9.97 Å². The zero-order valence-corrected chi connectivity index (χ0v) is 14.1. The highest BCUT2D eigenvalue weighted by molar-refractivity contribution is 5.93. The average Bonchev–Trinajstić information content (AvgIpc) is 2.53. The van der Waals surface area contributed by atoms with Crippen molar-refractivity contribution < 1.29 is 9.59 Å². The summed E-state index contributed by atoms with van der Waals surface area (Å²) in [6.45, 7) is 9.15. The molecule has 1 aliphatic rings. The van der Waals surface area contributed by atoms with E-state index >= 15 is 0 Å². The van der Waals surface area contributed by atoms with E-state index in [1.54, 1.807) is 22.8 Å². The van der Waals surface area contributed by atoms with E-state index in [0.717, 1.165) is 19.4 Å². The number of carbonyl (C=O) groups excluding carboxylic acids is 2. The Balaban J connectivity index is 2.02. The SMILES string of the molecule is Cc1nc(NCCC(C)C)cc(C(=O)N2CCN(C=O)CC2)n1. The summed E-state index contributed by atoms with van der Waals surface area (Å²) in [5, 5.41) is 3.25. The molecule has 7 nitrogen and oxygen atoms in total. The standard InChI is InChI=1S/C16H25N5O2/c1-12(2)4-5-17-15-10-14(18-13(3)19-15)16(23)21-8-6-20(11-22)7-9-21/h10-12H,4-9H2,1-3H3,(H,17,18,19). The van der Waals surface area contributed by atoms with Gasteiger partial charge in [-0.2, -0.15) is 0 Å². The zero-order chi connectivity index (χ0) is 16.8. The molecular weight excluding hydrogens is 294 g/mol. The molecule has 2 heterocycles. The van der Waals surface area contributed by atoms with Crippen LogP contribution in [-0.4, -0.2) is 64.8 Å². The van der Waals surface area contributed by atoms with Gasteiger partial charge in [0.15, 0.2) is 0 Å². The normalized spacial score (nSPS) is 15.0. The van der Waals surface area contributed by atoms with Crippen molar-refractivity contribution in [3.05, 3.63) is 17.6 Å². The maximum atomic E-state index is 12.6. The Bertz CT molecular complexity index is 553. The van der Waals surface area contributed by atoms with Gasteiger partial charge < -0.3 is 15.1 Å². The molecule has 1 N–H and O–H groups in total. The lowest BCUT2D eigenvalue weighted by atomic mass is 10.1. The molecule has 0 aromatic carbocycles. The van der Waals surface area contributed by atoms with Crippen molar-refractivity contribution in [1.29, 1.82) is 0 Å². The topological polar surface area (TPSA) is 78.4 Å². The molecule has 0 radical (unpaired) electrons. The summed E-state index contributed by atoms with van der Waals surface area (Å²) in [6.07, 6.45) is 1.87. The number of anilines is 1. The molecule has 1 fully saturated rings. The number of carbonyl (C=O) groups is 2. The number of amides is 2. The molecular formula is C16H25N5O2. The first-order chi connectivity index (χ1) is 11.0. The highest BCUT2D eigenvalue weighted by atomic mass is 16.2. The molecule has 2 amide bonds. The molecule has 1 saturated heterocycles. The fourth-order valence-corrected chi connectivity index (χ4v) is 2.45. The summed E-state index contributed by atoms with van der Waals surface area (Å²) in [7, 11) is 0. The van der Waals surface area contributed by atoms with E-state index in [2.05, 4.69) is 29.1 Å². The predicted octanol–water partition coefficient (Wildman–Crippen LogP) is 1.16. The Morgan fingerprint density at radius 2 is 2.00 bits per heavy atom. The maximum absolute atomic E-state index is 12.6. The van der Waals surface area contributed by atoms with Gasteiger partial charge in [-0.3, -0.25) is 9.59 Å². The highest BCUT2D eigenvalue weighted by Crippen LogP contribution is 2.12. The molecule has 1 aromatic heterocycles. The quantitative estimate of drug-likeness (QED) is 0.796. The Morgan fingerprint density at radius 1 is 1.30 bits per heavy atom. The largest absolute Gasteiger partial charge is 0.370 e. The molecule has 2 rings (SSSR count). The van der Waals surface area contributed by atoms with E-state index in [1.807, 2.05) is 0 Å². The van der Waals surface area contributed by atoms with Crippen LogP contribution in [0.3, 0.4) is 0 Å². The van der Waals surface area contributed by atoms with Crippen molar-refractivity contribution in [2.75, 3.05) is 38.0 Å². The minimum absolute atomic E-state index is 0.104. The number of nitrogens with zero attached hydrogens (tertiary/aromatic N) is 4. The van der Waals surface area contributed by atoms with Gasteiger partial charge in [0.2, 0.25) is 6.41 Å². The number of nitrogens with one attached hydrogen (secondary N) is 1. The summed E-state index contributed by atoms with van der Waals surface area (Å²) >= 11 is 0. The average molecular weight is 319 g/mol. The lowest BCUT2D eigenvalue weighted by Crippen LogP contribution is -2.48. The highest BCUT2D eigenvalue weighted by Gasteiger charge is 2.23. The Morgan fingerprint density at radius 3 is 2.61 bits per heavy atom. The van der Waals surface area contributed by atoms with Gasteiger partial charge in [-0.1, -0.05) is 13.8 Å². The molecule has 1 aromatic rings. The Hall–Kier alpha value is -2.18. The van der Waals surface area contributed by atoms with Crippen molar-refractivity contribution >= 4 is 18.1 Å². The first-order valence-electron chi connectivity index (χ1n) is 8.07. The third-order valence-corrected chi connectivity index (χ3v) is 3.84. The van der Waals surface area contributed by atoms with E-state index < -0.39 is 0 Å². The van der Waals surface area contributed by atoms with Gasteiger partial charge in [-0.05, 0) is 19.3 Å². The van der Waals surface area contributed by atoms with Crippen LogP contribution in [0.2, 0.25) is 0 Å². The molecule has 0 unspecified atom stereocenters. The van der Waals surface area contributed by atoms with E-state index in [4.69, 9.17) is 0 Å². The van der Waals surface area contributed by atoms with Crippen LogP contribution in [0.1, 0.15) is 36.6 Å². The second-order valence-corrected chi connectivity index (χ2v) is 6.23. The van der Waals surface area contributed by atoms with Crippen LogP contribution in [0.4, 0.5) is 5.82 Å². The smallest absolute Gasteiger partial charge is 0.272 e. The fourth-order valence-electron chi connectivity index (χ4n) is 2.45. The van der Waals surface area contributed by atoms with Crippen LogP contribution in [0.5, 0.6) is 0 Å².